The number of carbonyl (C=O) groups is 1. The summed E-state index contributed by atoms with van der Waals surface area (Å²) in [5.41, 5.74) is -0.0747. The molecule has 2 aliphatic rings. The number of rotatable bonds is 0. The summed E-state index contributed by atoms with van der Waals surface area (Å²) in [6.45, 7) is 4.49. The van der Waals surface area contributed by atoms with Crippen LogP contribution < -0.4 is 0 Å². The van der Waals surface area contributed by atoms with Crippen molar-refractivity contribution in [1.29, 1.82) is 0 Å². The van der Waals surface area contributed by atoms with Gasteiger partial charge < -0.3 is 4.74 Å². The van der Waals surface area contributed by atoms with Gasteiger partial charge in [0, 0.05) is 6.42 Å². The summed E-state index contributed by atoms with van der Waals surface area (Å²) in [6, 6.07) is 0. The third-order valence-corrected chi connectivity index (χ3v) is 3.75. The molecule has 13 heavy (non-hydrogen) atoms. The lowest BCUT2D eigenvalue weighted by atomic mass is 9.71. The zero-order chi connectivity index (χ0) is 9.47. The third kappa shape index (κ3) is 1.47. The summed E-state index contributed by atoms with van der Waals surface area (Å²) in [5, 5.41) is 0. The smallest absolute Gasteiger partial charge is 0.306 e. The summed E-state index contributed by atoms with van der Waals surface area (Å²) in [4.78, 5) is 11.1. The van der Waals surface area contributed by atoms with Gasteiger partial charge in [0.15, 0.2) is 0 Å². The van der Waals surface area contributed by atoms with Crippen molar-refractivity contribution in [1.82, 2.24) is 0 Å². The molecule has 2 fully saturated rings. The minimum absolute atomic E-state index is 0.0148. The quantitative estimate of drug-likeness (QED) is 0.538. The average Bonchev–Trinajstić information content (AvgIpc) is 2.42. The van der Waals surface area contributed by atoms with E-state index in [0.717, 1.165) is 18.8 Å². The highest BCUT2D eigenvalue weighted by atomic mass is 16.6. The SMILES string of the molecule is CC1CCC(C)C2(CCC(=O)O2)C1. The Labute approximate surface area is 79.7 Å². The Morgan fingerprint density at radius 2 is 2.15 bits per heavy atom. The normalized spacial score (nSPS) is 45.2. The molecule has 0 N–H and O–H groups in total. The molecule has 0 amide bonds. The fraction of sp³-hybridized carbons (Fsp3) is 0.909. The number of carbonyl (C=O) groups excluding carboxylic acids is 1. The van der Waals surface area contributed by atoms with Crippen LogP contribution in [0.2, 0.25) is 0 Å². The first-order chi connectivity index (χ1) is 6.12. The van der Waals surface area contributed by atoms with E-state index in [-0.39, 0.29) is 11.6 Å². The van der Waals surface area contributed by atoms with Gasteiger partial charge in [0.25, 0.3) is 0 Å². The molecule has 3 atom stereocenters. The van der Waals surface area contributed by atoms with Crippen molar-refractivity contribution < 1.29 is 9.53 Å². The number of hydrogen-bond acceptors (Lipinski definition) is 2. The van der Waals surface area contributed by atoms with E-state index in [1.807, 2.05) is 0 Å². The topological polar surface area (TPSA) is 26.3 Å². The van der Waals surface area contributed by atoms with Crippen molar-refractivity contribution in [3.05, 3.63) is 0 Å². The van der Waals surface area contributed by atoms with E-state index in [1.54, 1.807) is 0 Å². The van der Waals surface area contributed by atoms with Gasteiger partial charge in [-0.2, -0.15) is 0 Å². The first-order valence-electron chi connectivity index (χ1n) is 5.34. The van der Waals surface area contributed by atoms with Crippen LogP contribution in [0, 0.1) is 11.8 Å². The molecule has 2 rings (SSSR count). The maximum Gasteiger partial charge on any atom is 0.306 e. The minimum Gasteiger partial charge on any atom is -0.459 e. The van der Waals surface area contributed by atoms with E-state index in [1.165, 1.54) is 12.8 Å². The second kappa shape index (κ2) is 3.00. The first kappa shape index (κ1) is 9.04. The van der Waals surface area contributed by atoms with Gasteiger partial charge in [-0.05, 0) is 31.1 Å². The molecular formula is C11H18O2. The van der Waals surface area contributed by atoms with Crippen LogP contribution in [-0.4, -0.2) is 11.6 Å². The van der Waals surface area contributed by atoms with Crippen molar-refractivity contribution in [2.75, 3.05) is 0 Å². The fourth-order valence-electron chi connectivity index (χ4n) is 2.82. The van der Waals surface area contributed by atoms with Crippen LogP contribution in [0.5, 0.6) is 0 Å². The molecule has 2 nitrogen and oxygen atoms in total. The Morgan fingerprint density at radius 1 is 1.38 bits per heavy atom. The molecule has 1 saturated heterocycles. The molecule has 1 spiro atoms. The van der Waals surface area contributed by atoms with Crippen LogP contribution in [0.4, 0.5) is 0 Å². The summed E-state index contributed by atoms with van der Waals surface area (Å²) in [5.74, 6) is 1.30. The minimum atomic E-state index is -0.0747. The van der Waals surface area contributed by atoms with Gasteiger partial charge in [0.1, 0.15) is 5.60 Å². The Kier molecular flexibility index (Phi) is 2.09. The second-order valence-electron chi connectivity index (χ2n) is 4.83. The number of hydrogen-bond donors (Lipinski definition) is 0. The van der Waals surface area contributed by atoms with Crippen molar-refractivity contribution in [2.24, 2.45) is 11.8 Å². The third-order valence-electron chi connectivity index (χ3n) is 3.75. The number of ether oxygens (including phenoxy) is 1. The van der Waals surface area contributed by atoms with Crippen LogP contribution >= 0.6 is 0 Å². The molecule has 74 valence electrons. The first-order valence-corrected chi connectivity index (χ1v) is 5.34. The van der Waals surface area contributed by atoms with E-state index in [9.17, 15) is 4.79 Å². The van der Waals surface area contributed by atoms with E-state index < -0.39 is 0 Å². The summed E-state index contributed by atoms with van der Waals surface area (Å²) >= 11 is 0. The molecule has 0 bridgehead atoms. The maximum atomic E-state index is 11.1. The lowest BCUT2D eigenvalue weighted by Gasteiger charge is -2.40. The molecule has 0 aromatic rings. The maximum absolute atomic E-state index is 11.1. The van der Waals surface area contributed by atoms with Gasteiger partial charge in [-0.1, -0.05) is 20.3 Å². The molecule has 2 heteroatoms. The predicted molar refractivity (Wildman–Crippen MR) is 50.2 cm³/mol. The van der Waals surface area contributed by atoms with Crippen LogP contribution in [0.25, 0.3) is 0 Å². The second-order valence-corrected chi connectivity index (χ2v) is 4.83. The molecule has 0 aromatic heterocycles. The van der Waals surface area contributed by atoms with Gasteiger partial charge in [-0.3, -0.25) is 4.79 Å². The Hall–Kier alpha value is -0.530. The monoisotopic (exact) mass is 182 g/mol. The molecule has 1 aliphatic heterocycles. The van der Waals surface area contributed by atoms with E-state index >= 15 is 0 Å². The zero-order valence-electron chi connectivity index (χ0n) is 8.51. The van der Waals surface area contributed by atoms with E-state index in [0.29, 0.717) is 12.3 Å². The van der Waals surface area contributed by atoms with Gasteiger partial charge in [-0.15, -0.1) is 0 Å². The van der Waals surface area contributed by atoms with Crippen LogP contribution in [0.15, 0.2) is 0 Å². The molecule has 1 heterocycles. The molecule has 1 aliphatic carbocycles. The van der Waals surface area contributed by atoms with Gasteiger partial charge in [-0.25, -0.2) is 0 Å². The molecule has 1 saturated carbocycles. The van der Waals surface area contributed by atoms with Crippen LogP contribution in [0.1, 0.15) is 46.0 Å². The Morgan fingerprint density at radius 3 is 2.77 bits per heavy atom. The largest absolute Gasteiger partial charge is 0.459 e. The highest BCUT2D eigenvalue weighted by molar-refractivity contribution is 5.72. The Bertz CT molecular complexity index is 224. The fourth-order valence-corrected chi connectivity index (χ4v) is 2.82. The van der Waals surface area contributed by atoms with Crippen LogP contribution in [-0.2, 0) is 9.53 Å². The van der Waals surface area contributed by atoms with Crippen molar-refractivity contribution in [3.63, 3.8) is 0 Å². The molecule has 0 radical (unpaired) electrons. The average molecular weight is 182 g/mol. The van der Waals surface area contributed by atoms with Crippen molar-refractivity contribution in [3.8, 4) is 0 Å². The highest BCUT2D eigenvalue weighted by Crippen LogP contribution is 2.45. The zero-order valence-corrected chi connectivity index (χ0v) is 8.51. The Balaban J connectivity index is 2.14. The summed E-state index contributed by atoms with van der Waals surface area (Å²) in [7, 11) is 0. The van der Waals surface area contributed by atoms with Crippen LogP contribution in [0.3, 0.4) is 0 Å². The van der Waals surface area contributed by atoms with Gasteiger partial charge in [0.05, 0.1) is 0 Å². The lowest BCUT2D eigenvalue weighted by Crippen LogP contribution is -2.41. The lowest BCUT2D eigenvalue weighted by molar-refractivity contribution is -0.157. The van der Waals surface area contributed by atoms with Gasteiger partial charge >= 0.3 is 5.97 Å². The van der Waals surface area contributed by atoms with Gasteiger partial charge in [0.2, 0.25) is 0 Å². The summed E-state index contributed by atoms with van der Waals surface area (Å²) < 4.78 is 5.53. The van der Waals surface area contributed by atoms with Crippen molar-refractivity contribution >= 4 is 5.97 Å². The van der Waals surface area contributed by atoms with E-state index in [2.05, 4.69) is 13.8 Å². The van der Waals surface area contributed by atoms with Crippen molar-refractivity contribution in [2.45, 2.75) is 51.6 Å². The highest BCUT2D eigenvalue weighted by Gasteiger charge is 2.47. The predicted octanol–water partition coefficient (Wildman–Crippen LogP) is 2.52. The molecule has 3 unspecified atom stereocenters. The molecule has 0 aromatic carbocycles. The van der Waals surface area contributed by atoms with E-state index in [4.69, 9.17) is 4.74 Å². The number of esters is 1. The summed E-state index contributed by atoms with van der Waals surface area (Å²) in [6.07, 6.45) is 5.18. The standard InChI is InChI=1S/C11H18O2/c1-8-3-4-9(2)11(7-8)6-5-10(12)13-11/h8-9H,3-7H2,1-2H3. The molecular weight excluding hydrogens is 164 g/mol.